The summed E-state index contributed by atoms with van der Waals surface area (Å²) in [6.07, 6.45) is 10.6. The van der Waals surface area contributed by atoms with Crippen LogP contribution in [0.2, 0.25) is 0 Å². The molecule has 1 aromatic rings. The summed E-state index contributed by atoms with van der Waals surface area (Å²) < 4.78 is 0. The fraction of sp³-hybridized carbons (Fsp3) is 0.615. The standard InChI is InChI=1S/C26H37N5O4S3/c1-3-4-5-6-7-11-23(34)36-12-9-8-10-18-13-20(32)27-15-22-30-19(16-37-22)24-31-26(2,17-38-24)25(35)28-14-21(33)29-18/h8,10,16,18H,3-7,9,11-15,17H2,1-2H3,(H,27,32)(H,28,35)(H,29,33)/b10-8+/t18-,26+/m1/s1. The molecule has 0 aliphatic carbocycles. The van der Waals surface area contributed by atoms with E-state index in [0.29, 0.717) is 35.1 Å². The number of allylic oxidation sites excluding steroid dienone is 1. The highest BCUT2D eigenvalue weighted by molar-refractivity contribution is 8.14. The maximum atomic E-state index is 12.8. The smallest absolute Gasteiger partial charge is 0.248 e. The Morgan fingerprint density at radius 2 is 1.97 bits per heavy atom. The summed E-state index contributed by atoms with van der Waals surface area (Å²) >= 11 is 4.21. The number of amides is 3. The predicted molar refractivity (Wildman–Crippen MR) is 156 cm³/mol. The van der Waals surface area contributed by atoms with Gasteiger partial charge in [-0.1, -0.05) is 56.5 Å². The third kappa shape index (κ3) is 9.85. The normalized spacial score (nSPS) is 22.6. The van der Waals surface area contributed by atoms with E-state index in [-0.39, 0.29) is 42.3 Å². The first-order valence-electron chi connectivity index (χ1n) is 13.1. The fourth-order valence-corrected chi connectivity index (χ4v) is 6.60. The summed E-state index contributed by atoms with van der Waals surface area (Å²) in [5.74, 6) is 0.180. The number of thioether (sulfide) groups is 2. The lowest BCUT2D eigenvalue weighted by molar-refractivity contribution is -0.129. The lowest BCUT2D eigenvalue weighted by Crippen LogP contribution is -2.48. The van der Waals surface area contributed by atoms with Crippen molar-refractivity contribution in [2.75, 3.05) is 18.1 Å². The first-order chi connectivity index (χ1) is 18.3. The monoisotopic (exact) mass is 579 g/mol. The molecule has 3 rings (SSSR count). The maximum Gasteiger partial charge on any atom is 0.248 e. The summed E-state index contributed by atoms with van der Waals surface area (Å²) in [5.41, 5.74) is -0.279. The number of thiazole rings is 1. The fourth-order valence-electron chi connectivity index (χ4n) is 3.90. The predicted octanol–water partition coefficient (Wildman–Crippen LogP) is 3.58. The Kier molecular flexibility index (Phi) is 12.3. The number of unbranched alkanes of at least 4 members (excludes halogenated alkanes) is 4. The number of carbonyl (C=O) groups is 4. The van der Waals surface area contributed by atoms with Gasteiger partial charge in [0.2, 0.25) is 17.7 Å². The van der Waals surface area contributed by atoms with Gasteiger partial charge in [0, 0.05) is 23.3 Å². The molecule has 38 heavy (non-hydrogen) atoms. The van der Waals surface area contributed by atoms with Gasteiger partial charge >= 0.3 is 0 Å². The first-order valence-corrected chi connectivity index (χ1v) is 16.0. The van der Waals surface area contributed by atoms with Gasteiger partial charge in [-0.05, 0) is 19.8 Å². The molecule has 3 amide bonds. The molecule has 9 nitrogen and oxygen atoms in total. The highest BCUT2D eigenvalue weighted by Gasteiger charge is 2.39. The summed E-state index contributed by atoms with van der Waals surface area (Å²) in [4.78, 5) is 59.2. The van der Waals surface area contributed by atoms with E-state index in [1.165, 1.54) is 54.1 Å². The van der Waals surface area contributed by atoms with Gasteiger partial charge in [0.05, 0.1) is 25.6 Å². The molecule has 0 saturated heterocycles. The van der Waals surface area contributed by atoms with Crippen molar-refractivity contribution in [3.8, 4) is 0 Å². The van der Waals surface area contributed by atoms with Crippen molar-refractivity contribution in [3.05, 3.63) is 28.2 Å². The van der Waals surface area contributed by atoms with E-state index < -0.39 is 11.6 Å². The van der Waals surface area contributed by atoms with Crippen LogP contribution in [-0.2, 0) is 25.7 Å². The van der Waals surface area contributed by atoms with Crippen molar-refractivity contribution in [1.29, 1.82) is 0 Å². The Morgan fingerprint density at radius 1 is 1.16 bits per heavy atom. The zero-order valence-electron chi connectivity index (χ0n) is 22.0. The van der Waals surface area contributed by atoms with Gasteiger partial charge in [-0.2, -0.15) is 0 Å². The first kappa shape index (κ1) is 30.4. The Bertz CT molecular complexity index is 1060. The topological polar surface area (TPSA) is 130 Å². The van der Waals surface area contributed by atoms with Crippen LogP contribution in [0.3, 0.4) is 0 Å². The number of aliphatic imine (C=N–C) groups is 1. The minimum Gasteiger partial charge on any atom is -0.350 e. The number of hydrogen-bond acceptors (Lipinski definition) is 9. The Balaban J connectivity index is 1.54. The molecule has 1 aromatic heterocycles. The number of hydrogen-bond donors (Lipinski definition) is 3. The van der Waals surface area contributed by atoms with Crippen LogP contribution in [0.25, 0.3) is 0 Å². The van der Waals surface area contributed by atoms with Gasteiger partial charge in [0.25, 0.3) is 0 Å². The lowest BCUT2D eigenvalue weighted by Gasteiger charge is -2.20. The SMILES string of the molecule is CCCCCCCC(=O)SCC/C=C/[C@@H]1CC(=O)NCc2nc(cs2)C2=N[C@@](C)(CS2)C(=O)NCC(=O)N1. The summed E-state index contributed by atoms with van der Waals surface area (Å²) in [6, 6.07) is -0.541. The summed E-state index contributed by atoms with van der Waals surface area (Å²) in [7, 11) is 0. The Labute approximate surface area is 236 Å². The van der Waals surface area contributed by atoms with Gasteiger partial charge < -0.3 is 16.0 Å². The van der Waals surface area contributed by atoms with Crippen molar-refractivity contribution < 1.29 is 19.2 Å². The van der Waals surface area contributed by atoms with Crippen molar-refractivity contribution in [2.24, 2.45) is 4.99 Å². The number of carbonyl (C=O) groups excluding carboxylic acids is 4. The molecule has 3 heterocycles. The van der Waals surface area contributed by atoms with Gasteiger partial charge in [0.15, 0.2) is 5.12 Å². The molecule has 0 unspecified atom stereocenters. The highest BCUT2D eigenvalue weighted by Crippen LogP contribution is 2.31. The number of aromatic nitrogens is 1. The van der Waals surface area contributed by atoms with Crippen molar-refractivity contribution >= 4 is 62.7 Å². The van der Waals surface area contributed by atoms with E-state index in [2.05, 4.69) is 32.9 Å². The van der Waals surface area contributed by atoms with Crippen LogP contribution in [0.5, 0.6) is 0 Å². The molecular weight excluding hydrogens is 543 g/mol. The second kappa shape index (κ2) is 15.4. The van der Waals surface area contributed by atoms with E-state index in [0.717, 1.165) is 17.8 Å². The molecular formula is C26H37N5O4S3. The Hall–Kier alpha value is -2.18. The molecule has 3 N–H and O–H groups in total. The molecule has 0 radical (unpaired) electrons. The van der Waals surface area contributed by atoms with E-state index in [1.54, 1.807) is 13.0 Å². The van der Waals surface area contributed by atoms with Crippen LogP contribution in [0.1, 0.15) is 75.9 Å². The van der Waals surface area contributed by atoms with Gasteiger partial charge in [-0.25, -0.2) is 4.98 Å². The average molecular weight is 580 g/mol. The zero-order chi connectivity index (χ0) is 27.4. The molecule has 12 heteroatoms. The van der Waals surface area contributed by atoms with Crippen LogP contribution in [0.4, 0.5) is 0 Å². The van der Waals surface area contributed by atoms with Gasteiger partial charge in [0.1, 0.15) is 21.3 Å². The Morgan fingerprint density at radius 3 is 2.79 bits per heavy atom. The van der Waals surface area contributed by atoms with Crippen LogP contribution in [0, 0.1) is 0 Å². The van der Waals surface area contributed by atoms with Crippen molar-refractivity contribution in [2.45, 2.75) is 83.3 Å². The number of nitrogens with zero attached hydrogens (tertiary/aromatic N) is 2. The lowest BCUT2D eigenvalue weighted by atomic mass is 10.1. The van der Waals surface area contributed by atoms with E-state index in [4.69, 9.17) is 0 Å². The van der Waals surface area contributed by atoms with Crippen LogP contribution in [-0.4, -0.2) is 62.5 Å². The third-order valence-corrected chi connectivity index (χ3v) is 9.19. The molecule has 208 valence electrons. The second-order valence-corrected chi connectivity index (χ2v) is 12.6. The highest BCUT2D eigenvalue weighted by atomic mass is 32.2. The molecule has 4 bridgehead atoms. The molecule has 0 aromatic carbocycles. The van der Waals surface area contributed by atoms with Crippen molar-refractivity contribution in [1.82, 2.24) is 20.9 Å². The molecule has 2 aliphatic rings. The van der Waals surface area contributed by atoms with Crippen LogP contribution >= 0.6 is 34.9 Å². The van der Waals surface area contributed by atoms with E-state index >= 15 is 0 Å². The number of nitrogens with one attached hydrogen (secondary N) is 3. The molecule has 0 saturated carbocycles. The van der Waals surface area contributed by atoms with Crippen molar-refractivity contribution in [3.63, 3.8) is 0 Å². The van der Waals surface area contributed by atoms with Crippen LogP contribution < -0.4 is 16.0 Å². The van der Waals surface area contributed by atoms with E-state index in [1.807, 2.05) is 11.5 Å². The number of fused-ring (bicyclic) bond motifs is 4. The minimum atomic E-state index is -0.973. The van der Waals surface area contributed by atoms with Gasteiger partial charge in [-0.15, -0.1) is 23.1 Å². The average Bonchev–Trinajstić information content (AvgIpc) is 3.52. The van der Waals surface area contributed by atoms with E-state index in [9.17, 15) is 19.2 Å². The van der Waals surface area contributed by atoms with Crippen LogP contribution in [0.15, 0.2) is 22.5 Å². The quantitative estimate of drug-likeness (QED) is 0.285. The number of rotatable bonds is 10. The largest absolute Gasteiger partial charge is 0.350 e. The zero-order valence-corrected chi connectivity index (χ0v) is 24.5. The summed E-state index contributed by atoms with van der Waals surface area (Å²) in [5, 5.41) is 11.9. The molecule has 2 aliphatic heterocycles. The molecule has 0 fully saturated rings. The molecule has 2 atom stereocenters. The molecule has 0 spiro atoms. The minimum absolute atomic E-state index is 0.0541. The second-order valence-electron chi connectivity index (χ2n) is 9.55. The third-order valence-electron chi connectivity index (χ3n) is 6.10. The maximum absolute atomic E-state index is 12.8. The van der Waals surface area contributed by atoms with Gasteiger partial charge in [-0.3, -0.25) is 24.2 Å². The summed E-state index contributed by atoms with van der Waals surface area (Å²) in [6.45, 7) is 3.99.